The number of aromatic hydroxyl groups is 1. The van der Waals surface area contributed by atoms with Crippen LogP contribution in [-0.2, 0) is 0 Å². The topological polar surface area (TPSA) is 47.9 Å². The van der Waals surface area contributed by atoms with Gasteiger partial charge in [0.25, 0.3) is 0 Å². The molecule has 1 aromatic carbocycles. The van der Waals surface area contributed by atoms with Crippen LogP contribution in [0.15, 0.2) is 99.3 Å². The number of rotatable bonds is 26. The molecule has 322 valence electrons. The second-order valence-electron chi connectivity index (χ2n) is 17.5. The summed E-state index contributed by atoms with van der Waals surface area (Å²) < 4.78 is 17.5. The van der Waals surface area contributed by atoms with Crippen molar-refractivity contribution < 1.29 is 19.3 Å². The monoisotopic (exact) mass is 795 g/mol. The van der Waals surface area contributed by atoms with Gasteiger partial charge in [-0.3, -0.25) is 0 Å². The number of phenolic OH excluding ortho intramolecular Hbond substituents is 1. The highest BCUT2D eigenvalue weighted by atomic mass is 16.5. The molecular formula is C54H82O4. The zero-order chi connectivity index (χ0) is 43.1. The van der Waals surface area contributed by atoms with E-state index in [9.17, 15) is 5.11 Å². The molecule has 1 atom stereocenters. The summed E-state index contributed by atoms with van der Waals surface area (Å²) in [7, 11) is 3.11. The van der Waals surface area contributed by atoms with Crippen LogP contribution in [0.5, 0.6) is 23.0 Å². The lowest BCUT2D eigenvalue weighted by Crippen LogP contribution is -2.32. The minimum Gasteiger partial charge on any atom is -0.504 e. The summed E-state index contributed by atoms with van der Waals surface area (Å²) in [5.74, 6) is 1.46. The van der Waals surface area contributed by atoms with E-state index >= 15 is 0 Å². The fraction of sp³-hybridized carbons (Fsp3) is 0.556. The highest BCUT2D eigenvalue weighted by Gasteiger charge is 2.33. The predicted molar refractivity (Wildman–Crippen MR) is 254 cm³/mol. The normalized spacial score (nSPS) is 17.0. The van der Waals surface area contributed by atoms with Gasteiger partial charge in [0.2, 0.25) is 11.5 Å². The molecule has 0 fully saturated rings. The second-order valence-corrected chi connectivity index (χ2v) is 17.5. The molecule has 0 saturated carbocycles. The van der Waals surface area contributed by atoms with Crippen LogP contribution >= 0.6 is 0 Å². The number of allylic oxidation sites excluding steroid dienone is 16. The van der Waals surface area contributed by atoms with Crippen molar-refractivity contribution in [2.75, 3.05) is 14.2 Å². The van der Waals surface area contributed by atoms with Crippen molar-refractivity contribution in [1.29, 1.82) is 0 Å². The van der Waals surface area contributed by atoms with Crippen molar-refractivity contribution in [1.82, 2.24) is 0 Å². The Hall–Kier alpha value is -3.92. The molecule has 0 amide bonds. The van der Waals surface area contributed by atoms with Crippen LogP contribution in [0.4, 0.5) is 0 Å². The van der Waals surface area contributed by atoms with Crippen LogP contribution in [0, 0.1) is 6.92 Å². The number of hydrogen-bond acceptors (Lipinski definition) is 4. The Morgan fingerprint density at radius 1 is 0.534 bits per heavy atom. The molecule has 0 aromatic heterocycles. The van der Waals surface area contributed by atoms with E-state index < -0.39 is 5.60 Å². The van der Waals surface area contributed by atoms with Crippen molar-refractivity contribution in [2.45, 2.75) is 184 Å². The van der Waals surface area contributed by atoms with E-state index in [1.165, 1.54) is 71.0 Å². The third-order valence-corrected chi connectivity index (χ3v) is 11.4. The van der Waals surface area contributed by atoms with Crippen LogP contribution in [-0.4, -0.2) is 24.9 Å². The summed E-state index contributed by atoms with van der Waals surface area (Å²) in [6.45, 7) is 24.3. The highest BCUT2D eigenvalue weighted by Crippen LogP contribution is 2.52. The van der Waals surface area contributed by atoms with E-state index in [-0.39, 0.29) is 5.75 Å². The number of fused-ring (bicyclic) bond motifs is 1. The first kappa shape index (κ1) is 50.2. The molecule has 1 aromatic rings. The average Bonchev–Trinajstić information content (AvgIpc) is 3.15. The predicted octanol–water partition coefficient (Wildman–Crippen LogP) is 16.7. The zero-order valence-corrected chi connectivity index (χ0v) is 39.3. The van der Waals surface area contributed by atoms with Crippen molar-refractivity contribution in [3.8, 4) is 23.0 Å². The summed E-state index contributed by atoms with van der Waals surface area (Å²) in [6.07, 6.45) is 41.2. The van der Waals surface area contributed by atoms with Crippen LogP contribution in [0.25, 0.3) is 6.08 Å². The Labute approximate surface area is 356 Å². The zero-order valence-electron chi connectivity index (χ0n) is 39.3. The fourth-order valence-electron chi connectivity index (χ4n) is 7.32. The van der Waals surface area contributed by atoms with Crippen LogP contribution < -0.4 is 14.2 Å². The van der Waals surface area contributed by atoms with Crippen LogP contribution in [0.3, 0.4) is 0 Å². The molecule has 0 radical (unpaired) electrons. The van der Waals surface area contributed by atoms with Gasteiger partial charge in [0.05, 0.1) is 14.2 Å². The highest BCUT2D eigenvalue weighted by molar-refractivity contribution is 5.76. The summed E-state index contributed by atoms with van der Waals surface area (Å²) in [4.78, 5) is 0. The third kappa shape index (κ3) is 19.2. The van der Waals surface area contributed by atoms with E-state index in [4.69, 9.17) is 14.2 Å². The van der Waals surface area contributed by atoms with E-state index in [0.29, 0.717) is 17.2 Å². The van der Waals surface area contributed by atoms with Gasteiger partial charge in [0.1, 0.15) is 5.60 Å². The summed E-state index contributed by atoms with van der Waals surface area (Å²) in [5.41, 5.74) is 13.0. The van der Waals surface area contributed by atoms with E-state index in [1.807, 2.05) is 13.0 Å². The minimum atomic E-state index is -0.473. The number of hydrogen-bond donors (Lipinski definition) is 1. The molecule has 1 aliphatic heterocycles. The number of benzene rings is 1. The third-order valence-electron chi connectivity index (χ3n) is 11.4. The second kappa shape index (κ2) is 27.0. The Bertz CT molecular complexity index is 1730. The Morgan fingerprint density at radius 2 is 0.862 bits per heavy atom. The maximum absolute atomic E-state index is 10.6. The Morgan fingerprint density at radius 3 is 1.19 bits per heavy atom. The number of phenols is 1. The van der Waals surface area contributed by atoms with Gasteiger partial charge in [0.15, 0.2) is 11.5 Å². The first-order chi connectivity index (χ1) is 27.6. The smallest absolute Gasteiger partial charge is 0.207 e. The van der Waals surface area contributed by atoms with Gasteiger partial charge < -0.3 is 19.3 Å². The fourth-order valence-corrected chi connectivity index (χ4v) is 7.32. The molecule has 4 heteroatoms. The van der Waals surface area contributed by atoms with Crippen LogP contribution in [0.2, 0.25) is 0 Å². The van der Waals surface area contributed by atoms with Crippen molar-refractivity contribution in [2.24, 2.45) is 0 Å². The first-order valence-electron chi connectivity index (χ1n) is 22.2. The van der Waals surface area contributed by atoms with Crippen molar-refractivity contribution >= 4 is 6.08 Å². The van der Waals surface area contributed by atoms with Gasteiger partial charge in [-0.2, -0.15) is 0 Å². The molecule has 1 N–H and O–H groups in total. The number of methoxy groups -OCH3 is 2. The minimum absolute atomic E-state index is 0.0868. The maximum Gasteiger partial charge on any atom is 0.207 e. The lowest BCUT2D eigenvalue weighted by Gasteiger charge is -2.33. The van der Waals surface area contributed by atoms with Gasteiger partial charge >= 0.3 is 0 Å². The Balaban J connectivity index is 1.65. The lowest BCUT2D eigenvalue weighted by molar-refractivity contribution is 0.122. The molecule has 58 heavy (non-hydrogen) atoms. The van der Waals surface area contributed by atoms with Gasteiger partial charge in [-0.05, 0) is 185 Å². The van der Waals surface area contributed by atoms with E-state index in [2.05, 4.69) is 124 Å². The van der Waals surface area contributed by atoms with E-state index in [1.54, 1.807) is 7.11 Å². The molecule has 0 unspecified atom stereocenters. The van der Waals surface area contributed by atoms with Gasteiger partial charge in [0, 0.05) is 11.1 Å². The maximum atomic E-state index is 10.6. The summed E-state index contributed by atoms with van der Waals surface area (Å²) in [6, 6.07) is 0. The standard InChI is InChI=1S/C54H82O4/c1-40(2)22-14-23-41(3)24-15-25-42(4)26-16-27-43(5)28-17-29-44(6)30-18-31-45(7)32-19-33-46(8)34-20-35-47(9)36-21-38-54(11)39-37-49-48(10)50(55)52(56-12)53(57-13)51(49)58-54/h22,24,26,28,30,32,34,36-37,39,55H,14-21,23,25,27,29,31,33,35,38H2,1-13H3/t54-/m1/s1. The quantitative estimate of drug-likeness (QED) is 0.0949. The molecule has 1 aliphatic rings. The molecule has 4 nitrogen and oxygen atoms in total. The SMILES string of the molecule is COc1c(O)c(C)c2c(c1OC)O[C@](C)(CCC=C(C)CCC=C(C)CCC=C(C)CCC=C(C)CCC=C(C)CCC=C(C)CCC=C(C)CCC=C(C)C)C=C2. The average molecular weight is 795 g/mol. The molecule has 0 bridgehead atoms. The molecule has 1 heterocycles. The van der Waals surface area contributed by atoms with Gasteiger partial charge in [-0.1, -0.05) is 99.3 Å². The largest absolute Gasteiger partial charge is 0.504 e. The molecule has 0 saturated heterocycles. The Kier molecular flexibility index (Phi) is 23.3. The molecule has 2 rings (SSSR count). The number of ether oxygens (including phenoxy) is 3. The molecule has 0 aliphatic carbocycles. The first-order valence-corrected chi connectivity index (χ1v) is 22.2. The molecule has 0 spiro atoms. The lowest BCUT2D eigenvalue weighted by atomic mass is 9.92. The van der Waals surface area contributed by atoms with E-state index in [0.717, 1.165) is 94.6 Å². The summed E-state index contributed by atoms with van der Waals surface area (Å²) in [5, 5.41) is 10.6. The van der Waals surface area contributed by atoms with Crippen molar-refractivity contribution in [3.05, 3.63) is 110 Å². The van der Waals surface area contributed by atoms with Crippen LogP contribution in [0.1, 0.15) is 183 Å². The van der Waals surface area contributed by atoms with Gasteiger partial charge in [-0.15, -0.1) is 0 Å². The van der Waals surface area contributed by atoms with Crippen molar-refractivity contribution in [3.63, 3.8) is 0 Å². The summed E-state index contributed by atoms with van der Waals surface area (Å²) >= 11 is 0. The molecular weight excluding hydrogens is 713 g/mol. The van der Waals surface area contributed by atoms with Gasteiger partial charge in [-0.25, -0.2) is 0 Å².